The molecule has 1 aliphatic heterocycles. The van der Waals surface area contributed by atoms with E-state index in [0.29, 0.717) is 6.61 Å². The van der Waals surface area contributed by atoms with Crippen LogP contribution in [0.1, 0.15) is 5.56 Å². The van der Waals surface area contributed by atoms with Crippen molar-refractivity contribution in [2.24, 2.45) is 0 Å². The third-order valence-corrected chi connectivity index (χ3v) is 4.47. The van der Waals surface area contributed by atoms with Crippen molar-refractivity contribution < 1.29 is 9.47 Å². The minimum absolute atomic E-state index is 0.668. The zero-order valence-corrected chi connectivity index (χ0v) is 14.5. The van der Waals surface area contributed by atoms with Gasteiger partial charge in [0.2, 0.25) is 0 Å². The first kappa shape index (κ1) is 17.1. The summed E-state index contributed by atoms with van der Waals surface area (Å²) in [6.45, 7) is 5.39. The lowest BCUT2D eigenvalue weighted by Crippen LogP contribution is -2.47. The lowest BCUT2D eigenvalue weighted by Gasteiger charge is -2.36. The molecule has 3 rings (SSSR count). The molecule has 2 aromatic rings. The number of anilines is 1. The highest BCUT2D eigenvalue weighted by molar-refractivity contribution is 5.59. The van der Waals surface area contributed by atoms with Gasteiger partial charge in [-0.05, 0) is 36.4 Å². The molecular weight excluding hydrogens is 314 g/mol. The topological polar surface area (TPSA) is 48.7 Å². The average molecular weight is 337 g/mol. The third kappa shape index (κ3) is 4.43. The monoisotopic (exact) mass is 337 g/mol. The minimum atomic E-state index is 0.668. The van der Waals surface area contributed by atoms with E-state index in [1.54, 1.807) is 7.11 Å². The van der Waals surface area contributed by atoms with Crippen LogP contribution in [0.3, 0.4) is 0 Å². The molecule has 0 spiro atoms. The largest absolute Gasteiger partial charge is 0.497 e. The Kier molecular flexibility index (Phi) is 5.76. The predicted molar refractivity (Wildman–Crippen MR) is 98.3 cm³/mol. The predicted octanol–water partition coefficient (Wildman–Crippen LogP) is 2.77. The number of ether oxygens (including phenoxy) is 2. The van der Waals surface area contributed by atoms with Crippen LogP contribution in [0.15, 0.2) is 48.5 Å². The summed E-state index contributed by atoms with van der Waals surface area (Å²) in [7, 11) is 1.66. The summed E-state index contributed by atoms with van der Waals surface area (Å²) in [5.74, 6) is 1.70. The fraction of sp³-hybridized carbons (Fsp3) is 0.350. The van der Waals surface area contributed by atoms with Gasteiger partial charge in [-0.1, -0.05) is 12.1 Å². The van der Waals surface area contributed by atoms with E-state index in [0.717, 1.165) is 55.5 Å². The molecule has 0 aromatic heterocycles. The number of rotatable bonds is 6. The van der Waals surface area contributed by atoms with Gasteiger partial charge in [-0.25, -0.2) is 0 Å². The van der Waals surface area contributed by atoms with E-state index in [2.05, 4.69) is 15.9 Å². The highest BCUT2D eigenvalue weighted by Gasteiger charge is 2.18. The Hall–Kier alpha value is -2.71. The molecule has 0 amide bonds. The molecule has 1 fully saturated rings. The van der Waals surface area contributed by atoms with E-state index in [1.165, 1.54) is 0 Å². The van der Waals surface area contributed by atoms with Crippen LogP contribution in [0.4, 0.5) is 5.69 Å². The van der Waals surface area contributed by atoms with Gasteiger partial charge in [0.15, 0.2) is 0 Å². The van der Waals surface area contributed by atoms with Gasteiger partial charge in [0.05, 0.1) is 18.4 Å². The zero-order valence-electron chi connectivity index (χ0n) is 14.5. The van der Waals surface area contributed by atoms with Crippen LogP contribution in [-0.2, 0) is 0 Å². The standard InChI is InChI=1S/C20H23N3O2/c1-24-18-6-8-19(9-7-18)25-15-14-22-10-12-23(13-11-22)20-5-3-2-4-17(20)16-21/h2-9H,10-15H2,1H3. The number of methoxy groups -OCH3 is 1. The normalized spacial score (nSPS) is 14.8. The summed E-state index contributed by atoms with van der Waals surface area (Å²) in [4.78, 5) is 4.69. The minimum Gasteiger partial charge on any atom is -0.497 e. The van der Waals surface area contributed by atoms with Gasteiger partial charge >= 0.3 is 0 Å². The molecule has 0 unspecified atom stereocenters. The number of para-hydroxylation sites is 1. The van der Waals surface area contributed by atoms with E-state index in [4.69, 9.17) is 9.47 Å². The van der Waals surface area contributed by atoms with Crippen molar-refractivity contribution in [3.8, 4) is 17.6 Å². The van der Waals surface area contributed by atoms with Gasteiger partial charge in [-0.2, -0.15) is 5.26 Å². The summed E-state index contributed by atoms with van der Waals surface area (Å²) in [5.41, 5.74) is 1.79. The summed E-state index contributed by atoms with van der Waals surface area (Å²) < 4.78 is 10.9. The Bertz CT molecular complexity index is 716. The van der Waals surface area contributed by atoms with Crippen molar-refractivity contribution in [2.45, 2.75) is 0 Å². The Balaban J connectivity index is 1.44. The number of benzene rings is 2. The lowest BCUT2D eigenvalue weighted by molar-refractivity contribution is 0.200. The molecule has 0 saturated carbocycles. The van der Waals surface area contributed by atoms with Crippen LogP contribution < -0.4 is 14.4 Å². The molecule has 0 aliphatic carbocycles. The molecule has 5 nitrogen and oxygen atoms in total. The number of nitrogens with zero attached hydrogens (tertiary/aromatic N) is 3. The first-order valence-electron chi connectivity index (χ1n) is 8.53. The van der Waals surface area contributed by atoms with Crippen molar-refractivity contribution in [1.29, 1.82) is 5.26 Å². The summed E-state index contributed by atoms with van der Waals surface area (Å²) >= 11 is 0. The molecule has 5 heteroatoms. The van der Waals surface area contributed by atoms with Crippen molar-refractivity contribution in [1.82, 2.24) is 4.90 Å². The molecule has 0 N–H and O–H groups in total. The maximum absolute atomic E-state index is 9.25. The van der Waals surface area contributed by atoms with E-state index in [-0.39, 0.29) is 0 Å². The number of piperazine rings is 1. The highest BCUT2D eigenvalue weighted by atomic mass is 16.5. The Morgan fingerprint density at radius 1 is 0.960 bits per heavy atom. The smallest absolute Gasteiger partial charge is 0.119 e. The Labute approximate surface area is 149 Å². The van der Waals surface area contributed by atoms with Gasteiger partial charge < -0.3 is 14.4 Å². The van der Waals surface area contributed by atoms with E-state index in [1.807, 2.05) is 48.5 Å². The van der Waals surface area contributed by atoms with E-state index < -0.39 is 0 Å². The fourth-order valence-corrected chi connectivity index (χ4v) is 3.02. The van der Waals surface area contributed by atoms with Crippen LogP contribution in [-0.4, -0.2) is 51.3 Å². The van der Waals surface area contributed by atoms with Gasteiger partial charge in [0, 0.05) is 32.7 Å². The van der Waals surface area contributed by atoms with Crippen LogP contribution in [0.25, 0.3) is 0 Å². The number of nitriles is 1. The quantitative estimate of drug-likeness (QED) is 0.811. The second kappa shape index (κ2) is 8.41. The first-order valence-corrected chi connectivity index (χ1v) is 8.53. The van der Waals surface area contributed by atoms with Crippen molar-refractivity contribution in [3.05, 3.63) is 54.1 Å². The molecule has 0 radical (unpaired) electrons. The van der Waals surface area contributed by atoms with Gasteiger partial charge in [0.1, 0.15) is 24.2 Å². The van der Waals surface area contributed by atoms with Crippen LogP contribution >= 0.6 is 0 Å². The summed E-state index contributed by atoms with van der Waals surface area (Å²) in [6.07, 6.45) is 0. The van der Waals surface area contributed by atoms with Crippen LogP contribution in [0, 0.1) is 11.3 Å². The molecule has 0 bridgehead atoms. The van der Waals surface area contributed by atoms with Gasteiger partial charge in [-0.15, -0.1) is 0 Å². The van der Waals surface area contributed by atoms with Gasteiger partial charge in [-0.3, -0.25) is 4.90 Å². The maximum Gasteiger partial charge on any atom is 0.119 e. The molecule has 2 aromatic carbocycles. The van der Waals surface area contributed by atoms with Crippen LogP contribution in [0.2, 0.25) is 0 Å². The Morgan fingerprint density at radius 2 is 1.64 bits per heavy atom. The second-order valence-electron chi connectivity index (χ2n) is 5.98. The first-order chi connectivity index (χ1) is 12.3. The highest BCUT2D eigenvalue weighted by Crippen LogP contribution is 2.21. The van der Waals surface area contributed by atoms with Gasteiger partial charge in [0.25, 0.3) is 0 Å². The molecule has 25 heavy (non-hydrogen) atoms. The zero-order chi connectivity index (χ0) is 17.5. The maximum atomic E-state index is 9.25. The molecule has 1 saturated heterocycles. The summed E-state index contributed by atoms with van der Waals surface area (Å²) in [6, 6.07) is 17.8. The summed E-state index contributed by atoms with van der Waals surface area (Å²) in [5, 5.41) is 9.25. The SMILES string of the molecule is COc1ccc(OCCN2CCN(c3ccccc3C#N)CC2)cc1. The molecule has 1 aliphatic rings. The van der Waals surface area contributed by atoms with Crippen LogP contribution in [0.5, 0.6) is 11.5 Å². The molecule has 0 atom stereocenters. The van der Waals surface area contributed by atoms with E-state index >= 15 is 0 Å². The number of hydrogen-bond acceptors (Lipinski definition) is 5. The number of hydrogen-bond donors (Lipinski definition) is 0. The fourth-order valence-electron chi connectivity index (χ4n) is 3.02. The third-order valence-electron chi connectivity index (χ3n) is 4.47. The Morgan fingerprint density at radius 3 is 2.32 bits per heavy atom. The van der Waals surface area contributed by atoms with Crippen molar-refractivity contribution in [2.75, 3.05) is 51.3 Å². The van der Waals surface area contributed by atoms with E-state index in [9.17, 15) is 5.26 Å². The molecule has 1 heterocycles. The van der Waals surface area contributed by atoms with Crippen molar-refractivity contribution >= 4 is 5.69 Å². The van der Waals surface area contributed by atoms with Crippen molar-refractivity contribution in [3.63, 3.8) is 0 Å². The second-order valence-corrected chi connectivity index (χ2v) is 5.98. The molecular formula is C20H23N3O2. The molecule has 130 valence electrons. The average Bonchev–Trinajstić information content (AvgIpc) is 2.69. The lowest BCUT2D eigenvalue weighted by atomic mass is 10.1.